The van der Waals surface area contributed by atoms with Gasteiger partial charge in [-0.15, -0.1) is 0 Å². The van der Waals surface area contributed by atoms with E-state index in [2.05, 4.69) is 5.32 Å². The third-order valence-electron chi connectivity index (χ3n) is 2.78. The molecule has 0 aromatic heterocycles. The van der Waals surface area contributed by atoms with Crippen molar-refractivity contribution in [3.63, 3.8) is 0 Å². The molecule has 0 aliphatic rings. The second-order valence-corrected chi connectivity index (χ2v) is 4.68. The zero-order valence-corrected chi connectivity index (χ0v) is 11.7. The lowest BCUT2D eigenvalue weighted by Gasteiger charge is -2.15. The van der Waals surface area contributed by atoms with Crippen LogP contribution in [-0.4, -0.2) is 7.11 Å². The van der Waals surface area contributed by atoms with Gasteiger partial charge in [0.05, 0.1) is 23.4 Å². The number of anilines is 3. The fourth-order valence-corrected chi connectivity index (χ4v) is 2.06. The Morgan fingerprint density at radius 1 is 1.14 bits per heavy atom. The van der Waals surface area contributed by atoms with Crippen molar-refractivity contribution in [1.82, 2.24) is 0 Å². The van der Waals surface area contributed by atoms with Crippen molar-refractivity contribution in [2.24, 2.45) is 0 Å². The molecule has 21 heavy (non-hydrogen) atoms. The van der Waals surface area contributed by atoms with Crippen LogP contribution in [0.1, 0.15) is 5.56 Å². The maximum Gasteiger partial charge on any atom is 0.418 e. The SMILES string of the molecule is COc1ccc(Nc2ccc(N)cc2C(F)(F)F)cc1Cl. The molecule has 0 saturated carbocycles. The van der Waals surface area contributed by atoms with Crippen molar-refractivity contribution in [3.05, 3.63) is 47.0 Å². The van der Waals surface area contributed by atoms with Crippen molar-refractivity contribution < 1.29 is 17.9 Å². The molecule has 7 heteroatoms. The molecule has 0 unspecified atom stereocenters. The number of rotatable bonds is 3. The quantitative estimate of drug-likeness (QED) is 0.807. The number of halogens is 4. The molecule has 0 atom stereocenters. The Balaban J connectivity index is 2.38. The van der Waals surface area contributed by atoms with Gasteiger partial charge in [-0.2, -0.15) is 13.2 Å². The summed E-state index contributed by atoms with van der Waals surface area (Å²) >= 11 is 5.94. The Morgan fingerprint density at radius 3 is 2.43 bits per heavy atom. The molecule has 2 aromatic carbocycles. The number of hydrogen-bond acceptors (Lipinski definition) is 3. The van der Waals surface area contributed by atoms with Crippen LogP contribution in [0.5, 0.6) is 5.75 Å². The Bertz CT molecular complexity index is 659. The zero-order chi connectivity index (χ0) is 15.6. The second-order valence-electron chi connectivity index (χ2n) is 4.28. The standard InChI is InChI=1S/C14H12ClF3N2O/c1-21-13-5-3-9(7-11(13)15)20-12-4-2-8(19)6-10(12)14(16,17)18/h2-7,20H,19H2,1H3. The van der Waals surface area contributed by atoms with Crippen molar-refractivity contribution in [2.75, 3.05) is 18.2 Å². The molecule has 0 saturated heterocycles. The monoisotopic (exact) mass is 316 g/mol. The molecule has 112 valence electrons. The molecule has 0 amide bonds. The molecule has 0 heterocycles. The summed E-state index contributed by atoms with van der Waals surface area (Å²) in [5, 5.41) is 2.98. The first kappa shape index (κ1) is 15.3. The normalized spacial score (nSPS) is 11.3. The highest BCUT2D eigenvalue weighted by Crippen LogP contribution is 2.38. The summed E-state index contributed by atoms with van der Waals surface area (Å²) < 4.78 is 44.0. The minimum atomic E-state index is -4.51. The van der Waals surface area contributed by atoms with E-state index < -0.39 is 11.7 Å². The van der Waals surface area contributed by atoms with Crippen LogP contribution in [0, 0.1) is 0 Å². The fraction of sp³-hybridized carbons (Fsp3) is 0.143. The highest BCUT2D eigenvalue weighted by molar-refractivity contribution is 6.32. The topological polar surface area (TPSA) is 47.3 Å². The number of alkyl halides is 3. The van der Waals surface area contributed by atoms with Crippen molar-refractivity contribution in [1.29, 1.82) is 0 Å². The lowest BCUT2D eigenvalue weighted by Crippen LogP contribution is -2.09. The molecular formula is C14H12ClF3N2O. The van der Waals surface area contributed by atoms with E-state index in [9.17, 15) is 13.2 Å². The maximum absolute atomic E-state index is 13.0. The van der Waals surface area contributed by atoms with Crippen molar-refractivity contribution >= 4 is 28.7 Å². The van der Waals surface area contributed by atoms with Gasteiger partial charge >= 0.3 is 6.18 Å². The summed E-state index contributed by atoms with van der Waals surface area (Å²) in [6, 6.07) is 8.17. The molecule has 0 fully saturated rings. The Morgan fingerprint density at radius 2 is 1.86 bits per heavy atom. The molecule has 3 N–H and O–H groups in total. The number of benzene rings is 2. The van der Waals surface area contributed by atoms with Gasteiger partial charge in [0.2, 0.25) is 0 Å². The van der Waals surface area contributed by atoms with Gasteiger partial charge in [-0.1, -0.05) is 11.6 Å². The Labute approximate surface area is 124 Å². The van der Waals surface area contributed by atoms with Crippen LogP contribution in [0.3, 0.4) is 0 Å². The number of nitrogens with two attached hydrogens (primary N) is 1. The van der Waals surface area contributed by atoms with E-state index in [1.54, 1.807) is 12.1 Å². The summed E-state index contributed by atoms with van der Waals surface area (Å²) in [5.74, 6) is 0.440. The van der Waals surface area contributed by atoms with E-state index in [1.165, 1.54) is 25.3 Å². The van der Waals surface area contributed by atoms with Crippen LogP contribution in [0.4, 0.5) is 30.2 Å². The minimum absolute atomic E-state index is 0.0423. The van der Waals surface area contributed by atoms with Crippen LogP contribution in [0.15, 0.2) is 36.4 Å². The van der Waals surface area contributed by atoms with Crippen LogP contribution in [-0.2, 0) is 6.18 Å². The minimum Gasteiger partial charge on any atom is -0.495 e. The van der Waals surface area contributed by atoms with Gasteiger partial charge in [-0.05, 0) is 36.4 Å². The first-order valence-corrected chi connectivity index (χ1v) is 6.26. The number of nitrogen functional groups attached to an aromatic ring is 1. The molecule has 0 radical (unpaired) electrons. The summed E-state index contributed by atoms with van der Waals surface area (Å²) in [6.07, 6.45) is -4.51. The van der Waals surface area contributed by atoms with Crippen molar-refractivity contribution in [2.45, 2.75) is 6.18 Å². The summed E-state index contributed by atoms with van der Waals surface area (Å²) in [6.45, 7) is 0. The Kier molecular flexibility index (Phi) is 4.18. The number of ether oxygens (including phenoxy) is 1. The molecule has 0 bridgehead atoms. The van der Waals surface area contributed by atoms with Crippen LogP contribution in [0.2, 0.25) is 5.02 Å². The highest BCUT2D eigenvalue weighted by Gasteiger charge is 2.33. The summed E-state index contributed by atoms with van der Waals surface area (Å²) in [4.78, 5) is 0. The van der Waals surface area contributed by atoms with Gasteiger partial charge in [-0.3, -0.25) is 0 Å². The molecule has 0 aliphatic heterocycles. The van der Waals surface area contributed by atoms with E-state index in [4.69, 9.17) is 22.1 Å². The molecule has 0 spiro atoms. The van der Waals surface area contributed by atoms with E-state index in [0.29, 0.717) is 16.5 Å². The van der Waals surface area contributed by atoms with Gasteiger partial charge in [0.1, 0.15) is 5.75 Å². The average Bonchev–Trinajstić information content (AvgIpc) is 2.40. The number of methoxy groups -OCH3 is 1. The fourth-order valence-electron chi connectivity index (χ4n) is 1.81. The van der Waals surface area contributed by atoms with Gasteiger partial charge in [0.25, 0.3) is 0 Å². The zero-order valence-electron chi connectivity index (χ0n) is 11.0. The Hall–Kier alpha value is -2.08. The molecule has 2 aromatic rings. The lowest BCUT2D eigenvalue weighted by molar-refractivity contribution is -0.136. The van der Waals surface area contributed by atoms with Crippen LogP contribution >= 0.6 is 11.6 Å². The molecular weight excluding hydrogens is 305 g/mol. The molecule has 3 nitrogen and oxygen atoms in total. The summed E-state index contributed by atoms with van der Waals surface area (Å²) in [5.41, 5.74) is 4.93. The third-order valence-corrected chi connectivity index (χ3v) is 3.08. The molecule has 0 aliphatic carbocycles. The van der Waals surface area contributed by atoms with Gasteiger partial charge in [0.15, 0.2) is 0 Å². The second kappa shape index (κ2) is 5.73. The first-order valence-electron chi connectivity index (χ1n) is 5.88. The average molecular weight is 317 g/mol. The predicted molar refractivity (Wildman–Crippen MR) is 77.1 cm³/mol. The lowest BCUT2D eigenvalue weighted by atomic mass is 10.1. The first-order chi connectivity index (χ1) is 9.81. The van der Waals surface area contributed by atoms with Crippen molar-refractivity contribution in [3.8, 4) is 5.75 Å². The highest BCUT2D eigenvalue weighted by atomic mass is 35.5. The van der Waals surface area contributed by atoms with Gasteiger partial charge in [0, 0.05) is 11.4 Å². The smallest absolute Gasteiger partial charge is 0.418 e. The van der Waals surface area contributed by atoms with Gasteiger partial charge < -0.3 is 15.8 Å². The van der Waals surface area contributed by atoms with Crippen LogP contribution < -0.4 is 15.8 Å². The largest absolute Gasteiger partial charge is 0.495 e. The van der Waals surface area contributed by atoms with E-state index in [0.717, 1.165) is 6.07 Å². The maximum atomic E-state index is 13.0. The summed E-state index contributed by atoms with van der Waals surface area (Å²) in [7, 11) is 1.45. The number of nitrogens with one attached hydrogen (secondary N) is 1. The van der Waals surface area contributed by atoms with Crippen LogP contribution in [0.25, 0.3) is 0 Å². The third kappa shape index (κ3) is 3.52. The van der Waals surface area contributed by atoms with Gasteiger partial charge in [-0.25, -0.2) is 0 Å². The number of hydrogen-bond donors (Lipinski definition) is 2. The predicted octanol–water partition coefficient (Wildman–Crippen LogP) is 4.69. The van der Waals surface area contributed by atoms with E-state index >= 15 is 0 Å². The van der Waals surface area contributed by atoms with E-state index in [-0.39, 0.29) is 11.4 Å². The molecule has 2 rings (SSSR count). The van der Waals surface area contributed by atoms with E-state index in [1.807, 2.05) is 0 Å².